The third-order valence-corrected chi connectivity index (χ3v) is 2.21. The molecule has 0 heterocycles. The summed E-state index contributed by atoms with van der Waals surface area (Å²) in [7, 11) is 0. The standard InChI is InChI=1S/C10H5ClF3NO/c1-5-2-8(10(12,13)14)7(9(11)16)3-6(5)4-15/h2-3H,1H3. The van der Waals surface area contributed by atoms with E-state index >= 15 is 0 Å². The van der Waals surface area contributed by atoms with Gasteiger partial charge in [-0.25, -0.2) is 0 Å². The Labute approximate surface area is 94.2 Å². The van der Waals surface area contributed by atoms with Crippen molar-refractivity contribution < 1.29 is 18.0 Å². The van der Waals surface area contributed by atoms with E-state index < -0.39 is 22.5 Å². The number of carbonyl (C=O) groups is 1. The minimum absolute atomic E-state index is 0.00278. The molecule has 0 amide bonds. The first-order chi connectivity index (χ1) is 7.27. The van der Waals surface area contributed by atoms with Crippen LogP contribution in [0, 0.1) is 18.3 Å². The molecule has 1 aromatic carbocycles. The maximum Gasteiger partial charge on any atom is 0.417 e. The molecule has 1 rings (SSSR count). The lowest BCUT2D eigenvalue weighted by Crippen LogP contribution is -2.12. The number of hydrogen-bond donors (Lipinski definition) is 0. The van der Waals surface area contributed by atoms with Crippen LogP contribution in [0.1, 0.15) is 27.0 Å². The average molecular weight is 248 g/mol. The molecule has 0 spiro atoms. The Kier molecular flexibility index (Phi) is 3.24. The van der Waals surface area contributed by atoms with Crippen LogP contribution in [0.15, 0.2) is 12.1 Å². The number of hydrogen-bond acceptors (Lipinski definition) is 2. The first kappa shape index (κ1) is 12.5. The lowest BCUT2D eigenvalue weighted by atomic mass is 10.00. The van der Waals surface area contributed by atoms with Gasteiger partial charge in [0, 0.05) is 5.56 Å². The molecule has 0 N–H and O–H groups in total. The van der Waals surface area contributed by atoms with Gasteiger partial charge in [-0.3, -0.25) is 4.79 Å². The molecule has 0 atom stereocenters. The molecule has 0 radical (unpaired) electrons. The summed E-state index contributed by atoms with van der Waals surface area (Å²) in [5, 5.41) is 7.40. The molecular formula is C10H5ClF3NO. The number of carbonyl (C=O) groups excluding carboxylic acids is 1. The fourth-order valence-corrected chi connectivity index (χ4v) is 1.38. The van der Waals surface area contributed by atoms with Crippen molar-refractivity contribution >= 4 is 16.8 Å². The zero-order valence-corrected chi connectivity index (χ0v) is 8.78. The van der Waals surface area contributed by atoms with E-state index in [1.807, 2.05) is 0 Å². The third-order valence-electron chi connectivity index (χ3n) is 2.00. The van der Waals surface area contributed by atoms with Crippen LogP contribution in [0.2, 0.25) is 0 Å². The molecule has 0 fully saturated rings. The Morgan fingerprint density at radius 3 is 2.38 bits per heavy atom. The molecule has 0 aliphatic heterocycles. The van der Waals surface area contributed by atoms with Gasteiger partial charge in [0.15, 0.2) is 0 Å². The molecule has 84 valence electrons. The zero-order chi connectivity index (χ0) is 12.5. The minimum Gasteiger partial charge on any atom is -0.276 e. The van der Waals surface area contributed by atoms with Crippen molar-refractivity contribution in [3.05, 3.63) is 34.4 Å². The second kappa shape index (κ2) is 4.14. The average Bonchev–Trinajstić information content (AvgIpc) is 2.15. The quantitative estimate of drug-likeness (QED) is 0.715. The molecule has 0 saturated carbocycles. The van der Waals surface area contributed by atoms with E-state index in [2.05, 4.69) is 0 Å². The molecular weight excluding hydrogens is 243 g/mol. The summed E-state index contributed by atoms with van der Waals surface area (Å²) in [4.78, 5) is 10.8. The highest BCUT2D eigenvalue weighted by Gasteiger charge is 2.35. The number of nitrogens with zero attached hydrogens (tertiary/aromatic N) is 1. The predicted octanol–water partition coefficient (Wildman–Crippen LogP) is 3.26. The predicted molar refractivity (Wildman–Crippen MR) is 51.1 cm³/mol. The number of halogens is 4. The number of nitriles is 1. The molecule has 0 unspecified atom stereocenters. The van der Waals surface area contributed by atoms with Gasteiger partial charge in [0.1, 0.15) is 0 Å². The van der Waals surface area contributed by atoms with Gasteiger partial charge in [0.25, 0.3) is 5.24 Å². The molecule has 0 bridgehead atoms. The fourth-order valence-electron chi connectivity index (χ4n) is 1.23. The summed E-state index contributed by atoms with van der Waals surface area (Å²) < 4.78 is 37.6. The highest BCUT2D eigenvalue weighted by molar-refractivity contribution is 6.68. The Morgan fingerprint density at radius 1 is 1.44 bits per heavy atom. The van der Waals surface area contributed by atoms with Gasteiger partial charge in [-0.2, -0.15) is 18.4 Å². The largest absolute Gasteiger partial charge is 0.417 e. The Balaban J connectivity index is 3.57. The normalized spacial score (nSPS) is 11.0. The molecule has 0 saturated heterocycles. The van der Waals surface area contributed by atoms with Crippen LogP contribution in [0.3, 0.4) is 0 Å². The van der Waals surface area contributed by atoms with Gasteiger partial charge in [0.05, 0.1) is 17.2 Å². The summed E-state index contributed by atoms with van der Waals surface area (Å²) in [6.45, 7) is 1.36. The van der Waals surface area contributed by atoms with Crippen LogP contribution in [-0.4, -0.2) is 5.24 Å². The smallest absolute Gasteiger partial charge is 0.276 e. The maximum absolute atomic E-state index is 12.5. The van der Waals surface area contributed by atoms with E-state index in [1.54, 1.807) is 6.07 Å². The van der Waals surface area contributed by atoms with Gasteiger partial charge < -0.3 is 0 Å². The first-order valence-corrected chi connectivity index (χ1v) is 4.47. The minimum atomic E-state index is -4.67. The number of alkyl halides is 3. The van der Waals surface area contributed by atoms with Crippen molar-refractivity contribution in [3.63, 3.8) is 0 Å². The summed E-state index contributed by atoms with van der Waals surface area (Å²) in [6, 6.07) is 3.29. The van der Waals surface area contributed by atoms with Crippen LogP contribution >= 0.6 is 11.6 Å². The molecule has 2 nitrogen and oxygen atoms in total. The van der Waals surface area contributed by atoms with Crippen LogP contribution in [0.25, 0.3) is 0 Å². The van der Waals surface area contributed by atoms with Gasteiger partial charge in [-0.05, 0) is 36.2 Å². The molecule has 0 aliphatic carbocycles. The fraction of sp³-hybridized carbons (Fsp3) is 0.200. The summed E-state index contributed by atoms with van der Waals surface area (Å²) in [5.41, 5.74) is -1.67. The Morgan fingerprint density at radius 2 is 2.00 bits per heavy atom. The second-order valence-corrected chi connectivity index (χ2v) is 3.44. The molecule has 16 heavy (non-hydrogen) atoms. The van der Waals surface area contributed by atoms with E-state index in [0.29, 0.717) is 0 Å². The van der Waals surface area contributed by atoms with Gasteiger partial charge >= 0.3 is 6.18 Å². The topological polar surface area (TPSA) is 40.9 Å². The van der Waals surface area contributed by atoms with Crippen molar-refractivity contribution in [1.29, 1.82) is 5.26 Å². The van der Waals surface area contributed by atoms with Crippen molar-refractivity contribution in [3.8, 4) is 6.07 Å². The molecule has 0 aromatic heterocycles. The summed E-state index contributed by atoms with van der Waals surface area (Å²) >= 11 is 5.05. The van der Waals surface area contributed by atoms with Gasteiger partial charge in [-0.15, -0.1) is 0 Å². The molecule has 0 aliphatic rings. The SMILES string of the molecule is Cc1cc(C(F)(F)F)c(C(=O)Cl)cc1C#N. The summed E-state index contributed by atoms with van der Waals surface area (Å²) in [6.07, 6.45) is -4.67. The highest BCUT2D eigenvalue weighted by Crippen LogP contribution is 2.34. The van der Waals surface area contributed by atoms with E-state index in [4.69, 9.17) is 16.9 Å². The first-order valence-electron chi connectivity index (χ1n) is 4.09. The highest BCUT2D eigenvalue weighted by atomic mass is 35.5. The Bertz CT molecular complexity index is 488. The number of benzene rings is 1. The molecule has 6 heteroatoms. The third kappa shape index (κ3) is 2.34. The van der Waals surface area contributed by atoms with Crippen molar-refractivity contribution in [1.82, 2.24) is 0 Å². The van der Waals surface area contributed by atoms with E-state index in [1.165, 1.54) is 6.92 Å². The molecule has 1 aromatic rings. The van der Waals surface area contributed by atoms with Crippen molar-refractivity contribution in [2.75, 3.05) is 0 Å². The van der Waals surface area contributed by atoms with Gasteiger partial charge in [0.2, 0.25) is 0 Å². The van der Waals surface area contributed by atoms with Crippen LogP contribution in [0.4, 0.5) is 13.2 Å². The second-order valence-electron chi connectivity index (χ2n) is 3.10. The van der Waals surface area contributed by atoms with Crippen LogP contribution < -0.4 is 0 Å². The van der Waals surface area contributed by atoms with E-state index in [0.717, 1.165) is 12.1 Å². The lowest BCUT2D eigenvalue weighted by molar-refractivity contribution is -0.137. The number of rotatable bonds is 1. The number of aryl methyl sites for hydroxylation is 1. The van der Waals surface area contributed by atoms with Crippen molar-refractivity contribution in [2.24, 2.45) is 0 Å². The monoisotopic (exact) mass is 247 g/mol. The van der Waals surface area contributed by atoms with E-state index in [9.17, 15) is 18.0 Å². The van der Waals surface area contributed by atoms with Crippen LogP contribution in [-0.2, 0) is 6.18 Å². The Hall–Kier alpha value is -1.54. The van der Waals surface area contributed by atoms with E-state index in [-0.39, 0.29) is 11.1 Å². The zero-order valence-electron chi connectivity index (χ0n) is 8.02. The maximum atomic E-state index is 12.5. The summed E-state index contributed by atoms with van der Waals surface area (Å²) in [5.74, 6) is 0. The lowest BCUT2D eigenvalue weighted by Gasteiger charge is -2.11. The van der Waals surface area contributed by atoms with Crippen molar-refractivity contribution in [2.45, 2.75) is 13.1 Å². The van der Waals surface area contributed by atoms with Gasteiger partial charge in [-0.1, -0.05) is 0 Å². The van der Waals surface area contributed by atoms with Crippen LogP contribution in [0.5, 0.6) is 0 Å².